The highest BCUT2D eigenvalue weighted by atomic mass is 15.3. The maximum atomic E-state index is 5.82. The van der Waals surface area contributed by atoms with E-state index < -0.39 is 0 Å². The molecule has 2 rings (SSSR count). The number of hydrogen-bond acceptors (Lipinski definition) is 4. The summed E-state index contributed by atoms with van der Waals surface area (Å²) in [6.45, 7) is 6.75. The second-order valence-corrected chi connectivity index (χ2v) is 4.54. The number of hydrogen-bond donors (Lipinski definition) is 2. The number of likely N-dealkylation sites (tertiary alicyclic amines) is 1. The van der Waals surface area contributed by atoms with Crippen LogP contribution in [0.25, 0.3) is 0 Å². The number of nitrogens with one attached hydrogen (secondary N) is 1. The quantitative estimate of drug-likeness (QED) is 0.791. The molecule has 0 aromatic carbocycles. The molecule has 2 heterocycles. The van der Waals surface area contributed by atoms with Gasteiger partial charge in [-0.25, -0.2) is 0 Å². The Balaban J connectivity index is 1.82. The summed E-state index contributed by atoms with van der Waals surface area (Å²) in [5.74, 6) is 1.54. The highest BCUT2D eigenvalue weighted by molar-refractivity contribution is 5.59. The van der Waals surface area contributed by atoms with Crippen LogP contribution in [0.2, 0.25) is 0 Å². The lowest BCUT2D eigenvalue weighted by molar-refractivity contribution is 0.345. The first-order chi connectivity index (χ1) is 7.69. The lowest BCUT2D eigenvalue weighted by atomic mass is 10.1. The Morgan fingerprint density at radius 3 is 3.00 bits per heavy atom. The molecule has 5 nitrogen and oxygen atoms in total. The van der Waals surface area contributed by atoms with Crippen molar-refractivity contribution in [2.45, 2.75) is 13.3 Å². The van der Waals surface area contributed by atoms with Crippen molar-refractivity contribution in [3.63, 3.8) is 0 Å². The third-order valence-corrected chi connectivity index (χ3v) is 3.23. The summed E-state index contributed by atoms with van der Waals surface area (Å²) in [4.78, 5) is 2.48. The van der Waals surface area contributed by atoms with Crippen LogP contribution < -0.4 is 11.1 Å². The van der Waals surface area contributed by atoms with E-state index in [0.29, 0.717) is 0 Å². The molecular formula is C11H21N5. The van der Waals surface area contributed by atoms with E-state index in [2.05, 4.69) is 22.2 Å². The third kappa shape index (κ3) is 2.47. The van der Waals surface area contributed by atoms with Crippen molar-refractivity contribution in [2.24, 2.45) is 13.0 Å². The van der Waals surface area contributed by atoms with Crippen molar-refractivity contribution in [1.29, 1.82) is 0 Å². The van der Waals surface area contributed by atoms with Gasteiger partial charge in [-0.15, -0.1) is 0 Å². The van der Waals surface area contributed by atoms with E-state index in [4.69, 9.17) is 5.73 Å². The van der Waals surface area contributed by atoms with E-state index in [9.17, 15) is 0 Å². The second kappa shape index (κ2) is 4.74. The maximum Gasteiger partial charge on any atom is 0.171 e. The monoisotopic (exact) mass is 223 g/mol. The first-order valence-corrected chi connectivity index (χ1v) is 5.94. The Kier molecular flexibility index (Phi) is 3.33. The van der Waals surface area contributed by atoms with Gasteiger partial charge in [0.2, 0.25) is 0 Å². The van der Waals surface area contributed by atoms with Crippen molar-refractivity contribution < 1.29 is 0 Å². The average molecular weight is 223 g/mol. The molecule has 1 aliphatic rings. The Morgan fingerprint density at radius 1 is 1.62 bits per heavy atom. The lowest BCUT2D eigenvalue weighted by Gasteiger charge is -2.13. The molecule has 0 bridgehead atoms. The van der Waals surface area contributed by atoms with Gasteiger partial charge in [-0.2, -0.15) is 5.10 Å². The largest absolute Gasteiger partial charge is 0.394 e. The van der Waals surface area contributed by atoms with Gasteiger partial charge in [0.05, 0.1) is 5.69 Å². The SMILES string of the molecule is CCN1CCC(CNc2nn(C)cc2N)C1. The summed E-state index contributed by atoms with van der Waals surface area (Å²) >= 11 is 0. The molecule has 1 unspecified atom stereocenters. The highest BCUT2D eigenvalue weighted by Gasteiger charge is 2.21. The number of aromatic nitrogens is 2. The van der Waals surface area contributed by atoms with Gasteiger partial charge in [-0.1, -0.05) is 6.92 Å². The van der Waals surface area contributed by atoms with Crippen molar-refractivity contribution in [3.05, 3.63) is 6.20 Å². The summed E-state index contributed by atoms with van der Waals surface area (Å²) in [5.41, 5.74) is 6.55. The minimum Gasteiger partial charge on any atom is -0.394 e. The van der Waals surface area contributed by atoms with E-state index >= 15 is 0 Å². The Labute approximate surface area is 96.6 Å². The maximum absolute atomic E-state index is 5.82. The van der Waals surface area contributed by atoms with Gasteiger partial charge in [-0.3, -0.25) is 4.68 Å². The number of nitrogen functional groups attached to an aromatic ring is 1. The zero-order valence-electron chi connectivity index (χ0n) is 10.1. The summed E-state index contributed by atoms with van der Waals surface area (Å²) < 4.78 is 1.74. The summed E-state index contributed by atoms with van der Waals surface area (Å²) in [7, 11) is 1.88. The molecule has 3 N–H and O–H groups in total. The molecule has 0 saturated carbocycles. The van der Waals surface area contributed by atoms with Gasteiger partial charge in [0.1, 0.15) is 0 Å². The van der Waals surface area contributed by atoms with Crippen molar-refractivity contribution >= 4 is 11.5 Å². The van der Waals surface area contributed by atoms with Crippen LogP contribution in [0.1, 0.15) is 13.3 Å². The van der Waals surface area contributed by atoms with Gasteiger partial charge in [0.25, 0.3) is 0 Å². The molecule has 5 heteroatoms. The topological polar surface area (TPSA) is 59.1 Å². The molecule has 16 heavy (non-hydrogen) atoms. The molecule has 1 aromatic rings. The Hall–Kier alpha value is -1.23. The standard InChI is InChI=1S/C11H21N5/c1-3-16-5-4-9(7-16)6-13-11-10(12)8-15(2)14-11/h8-9H,3-7,12H2,1-2H3,(H,13,14). The van der Waals surface area contributed by atoms with E-state index in [1.165, 1.54) is 19.5 Å². The fourth-order valence-corrected chi connectivity index (χ4v) is 2.25. The number of nitrogens with two attached hydrogens (primary N) is 1. The van der Waals surface area contributed by atoms with Crippen LogP contribution in [-0.2, 0) is 7.05 Å². The number of nitrogens with zero attached hydrogens (tertiary/aromatic N) is 3. The Morgan fingerprint density at radius 2 is 2.44 bits per heavy atom. The van der Waals surface area contributed by atoms with Crippen LogP contribution in [0, 0.1) is 5.92 Å². The smallest absolute Gasteiger partial charge is 0.171 e. The molecule has 1 saturated heterocycles. The molecule has 1 fully saturated rings. The van der Waals surface area contributed by atoms with E-state index in [1.54, 1.807) is 4.68 Å². The molecule has 90 valence electrons. The predicted molar refractivity (Wildman–Crippen MR) is 66.3 cm³/mol. The minimum absolute atomic E-state index is 0.723. The fourth-order valence-electron chi connectivity index (χ4n) is 2.25. The number of rotatable bonds is 4. The zero-order chi connectivity index (χ0) is 11.5. The number of anilines is 2. The highest BCUT2D eigenvalue weighted by Crippen LogP contribution is 2.19. The van der Waals surface area contributed by atoms with E-state index in [1.807, 2.05) is 13.2 Å². The van der Waals surface area contributed by atoms with Gasteiger partial charge < -0.3 is 16.0 Å². The van der Waals surface area contributed by atoms with Crippen molar-refractivity contribution in [1.82, 2.24) is 14.7 Å². The van der Waals surface area contributed by atoms with Crippen LogP contribution in [0.5, 0.6) is 0 Å². The molecule has 0 radical (unpaired) electrons. The molecular weight excluding hydrogens is 202 g/mol. The summed E-state index contributed by atoms with van der Waals surface area (Å²) in [6, 6.07) is 0. The van der Waals surface area contributed by atoms with Gasteiger partial charge in [0, 0.05) is 26.3 Å². The molecule has 1 aliphatic heterocycles. The second-order valence-electron chi connectivity index (χ2n) is 4.54. The van der Waals surface area contributed by atoms with Gasteiger partial charge in [-0.05, 0) is 25.4 Å². The van der Waals surface area contributed by atoms with Crippen LogP contribution in [-0.4, -0.2) is 40.9 Å². The van der Waals surface area contributed by atoms with E-state index in [0.717, 1.165) is 30.5 Å². The first-order valence-electron chi connectivity index (χ1n) is 5.94. The minimum atomic E-state index is 0.723. The van der Waals surface area contributed by atoms with Crippen molar-refractivity contribution in [2.75, 3.05) is 37.2 Å². The van der Waals surface area contributed by atoms with Crippen LogP contribution in [0.3, 0.4) is 0 Å². The zero-order valence-corrected chi connectivity index (χ0v) is 10.1. The van der Waals surface area contributed by atoms with Crippen LogP contribution in [0.15, 0.2) is 6.20 Å². The van der Waals surface area contributed by atoms with Gasteiger partial charge >= 0.3 is 0 Å². The van der Waals surface area contributed by atoms with E-state index in [-0.39, 0.29) is 0 Å². The molecule has 0 aliphatic carbocycles. The normalized spacial score (nSPS) is 21.5. The van der Waals surface area contributed by atoms with Gasteiger partial charge in [0.15, 0.2) is 5.82 Å². The predicted octanol–water partition coefficient (Wildman–Crippen LogP) is 0.756. The lowest BCUT2D eigenvalue weighted by Crippen LogP contribution is -2.22. The molecule has 0 amide bonds. The molecule has 1 atom stereocenters. The summed E-state index contributed by atoms with van der Waals surface area (Å²) in [5, 5.41) is 7.61. The summed E-state index contributed by atoms with van der Waals surface area (Å²) in [6.07, 6.45) is 3.10. The fraction of sp³-hybridized carbons (Fsp3) is 0.727. The average Bonchev–Trinajstić information content (AvgIpc) is 2.82. The van der Waals surface area contributed by atoms with Crippen LogP contribution in [0.4, 0.5) is 11.5 Å². The Bertz CT molecular complexity index is 346. The molecule has 1 aromatic heterocycles. The third-order valence-electron chi connectivity index (χ3n) is 3.23. The van der Waals surface area contributed by atoms with Crippen molar-refractivity contribution in [3.8, 4) is 0 Å². The first kappa shape index (κ1) is 11.3. The molecule has 0 spiro atoms. The van der Waals surface area contributed by atoms with Crippen LogP contribution >= 0.6 is 0 Å². The number of aryl methyl sites for hydroxylation is 1.